The molecule has 7 nitrogen and oxygen atoms in total. The van der Waals surface area contributed by atoms with Crippen LogP contribution in [0.25, 0.3) is 16.6 Å². The van der Waals surface area contributed by atoms with Crippen molar-refractivity contribution in [3.63, 3.8) is 0 Å². The molecule has 2 N–H and O–H groups in total. The highest BCUT2D eigenvalue weighted by atomic mass is 32.2. The summed E-state index contributed by atoms with van der Waals surface area (Å²) >= 11 is 1.11. The molecule has 0 bridgehead atoms. The van der Waals surface area contributed by atoms with E-state index in [1.807, 2.05) is 51.1 Å². The number of imide groups is 1. The predicted molar refractivity (Wildman–Crippen MR) is 124 cm³/mol. The van der Waals surface area contributed by atoms with Crippen molar-refractivity contribution in [2.75, 3.05) is 5.75 Å². The first-order valence-electron chi connectivity index (χ1n) is 10.0. The molecule has 8 heteroatoms. The van der Waals surface area contributed by atoms with Crippen LogP contribution in [-0.2, 0) is 11.2 Å². The number of aryl methyl sites for hydroxylation is 1. The van der Waals surface area contributed by atoms with E-state index < -0.39 is 17.5 Å². The number of para-hydroxylation sites is 1. The molecule has 0 aliphatic rings. The monoisotopic (exact) mass is 438 g/mol. The number of urea groups is 1. The average molecular weight is 439 g/mol. The van der Waals surface area contributed by atoms with Crippen LogP contribution in [0.1, 0.15) is 33.3 Å². The lowest BCUT2D eigenvalue weighted by atomic mass is 10.1. The van der Waals surface area contributed by atoms with Crippen molar-refractivity contribution in [1.82, 2.24) is 20.2 Å². The number of thioether (sulfide) groups is 1. The van der Waals surface area contributed by atoms with E-state index in [1.54, 1.807) is 18.2 Å². The van der Waals surface area contributed by atoms with Gasteiger partial charge in [-0.1, -0.05) is 43.0 Å². The van der Waals surface area contributed by atoms with E-state index in [4.69, 9.17) is 0 Å². The standard InChI is InChI=1S/C23H26N4O3S/c1-5-15-10-12-16(13-11-15)27-20(29)17-8-6-7-9-18(17)24-22(27)31-14-19(28)25-21(30)26-23(2,3)4/h6-13H,5,14H2,1-4H3,(H2,25,26,28,30). The summed E-state index contributed by atoms with van der Waals surface area (Å²) in [5, 5.41) is 5.88. The van der Waals surface area contributed by atoms with Crippen LogP contribution in [0.4, 0.5) is 4.79 Å². The van der Waals surface area contributed by atoms with Gasteiger partial charge in [-0.3, -0.25) is 19.5 Å². The van der Waals surface area contributed by atoms with Crippen molar-refractivity contribution < 1.29 is 9.59 Å². The van der Waals surface area contributed by atoms with Crippen LogP contribution < -0.4 is 16.2 Å². The lowest BCUT2D eigenvalue weighted by molar-refractivity contribution is -0.117. The number of aromatic nitrogens is 2. The van der Waals surface area contributed by atoms with E-state index in [-0.39, 0.29) is 11.3 Å². The molecule has 0 atom stereocenters. The molecule has 3 aromatic rings. The number of fused-ring (bicyclic) bond motifs is 1. The number of nitrogens with zero attached hydrogens (tertiary/aromatic N) is 2. The minimum absolute atomic E-state index is 0.0601. The molecule has 162 valence electrons. The van der Waals surface area contributed by atoms with Gasteiger partial charge in [-0.05, 0) is 57.0 Å². The summed E-state index contributed by atoms with van der Waals surface area (Å²) < 4.78 is 1.51. The van der Waals surface area contributed by atoms with Crippen molar-refractivity contribution in [3.8, 4) is 5.69 Å². The first-order valence-corrected chi connectivity index (χ1v) is 11.0. The van der Waals surface area contributed by atoms with E-state index in [1.165, 1.54) is 4.57 Å². The Kier molecular flexibility index (Phi) is 6.80. The second kappa shape index (κ2) is 9.34. The van der Waals surface area contributed by atoms with E-state index in [0.29, 0.717) is 21.7 Å². The second-order valence-electron chi connectivity index (χ2n) is 8.11. The van der Waals surface area contributed by atoms with Gasteiger partial charge >= 0.3 is 6.03 Å². The number of amides is 3. The second-order valence-corrected chi connectivity index (χ2v) is 9.06. The molecule has 3 amide bonds. The molecular weight excluding hydrogens is 412 g/mol. The molecule has 0 aliphatic heterocycles. The SMILES string of the molecule is CCc1ccc(-n2c(SCC(=O)NC(=O)NC(C)(C)C)nc3ccccc3c2=O)cc1. The largest absolute Gasteiger partial charge is 0.333 e. The van der Waals surface area contributed by atoms with Crippen LogP contribution in [0.5, 0.6) is 0 Å². The summed E-state index contributed by atoms with van der Waals surface area (Å²) in [6.45, 7) is 7.54. The third kappa shape index (κ3) is 5.73. The zero-order valence-electron chi connectivity index (χ0n) is 18.1. The number of rotatable bonds is 5. The van der Waals surface area contributed by atoms with E-state index in [2.05, 4.69) is 22.5 Å². The normalized spacial score (nSPS) is 11.4. The third-order valence-electron chi connectivity index (χ3n) is 4.42. The molecule has 0 spiro atoms. The maximum Gasteiger partial charge on any atom is 0.321 e. The van der Waals surface area contributed by atoms with Crippen LogP contribution >= 0.6 is 11.8 Å². The first-order chi connectivity index (χ1) is 14.7. The Hall–Kier alpha value is -3.13. The molecular formula is C23H26N4O3S. The van der Waals surface area contributed by atoms with E-state index in [0.717, 1.165) is 23.7 Å². The van der Waals surface area contributed by atoms with Crippen molar-refractivity contribution in [2.45, 2.75) is 44.8 Å². The van der Waals surface area contributed by atoms with E-state index in [9.17, 15) is 14.4 Å². The fourth-order valence-corrected chi connectivity index (χ4v) is 3.79. The maximum atomic E-state index is 13.2. The Balaban J connectivity index is 1.90. The lowest BCUT2D eigenvalue weighted by Gasteiger charge is -2.20. The van der Waals surface area contributed by atoms with Gasteiger partial charge in [0.15, 0.2) is 5.16 Å². The smallest absolute Gasteiger partial charge is 0.321 e. The minimum atomic E-state index is -0.558. The molecule has 0 aliphatic carbocycles. The molecule has 31 heavy (non-hydrogen) atoms. The minimum Gasteiger partial charge on any atom is -0.333 e. The third-order valence-corrected chi connectivity index (χ3v) is 5.36. The fraction of sp³-hybridized carbons (Fsp3) is 0.304. The topological polar surface area (TPSA) is 93.1 Å². The average Bonchev–Trinajstić information content (AvgIpc) is 2.71. The number of carbonyl (C=O) groups excluding carboxylic acids is 2. The molecule has 3 rings (SSSR count). The molecule has 2 aromatic carbocycles. The molecule has 0 saturated heterocycles. The number of carbonyl (C=O) groups is 2. The lowest BCUT2D eigenvalue weighted by Crippen LogP contribution is -2.48. The Bertz CT molecular complexity index is 1160. The van der Waals surface area contributed by atoms with Gasteiger partial charge < -0.3 is 5.32 Å². The van der Waals surface area contributed by atoms with Gasteiger partial charge in [-0.2, -0.15) is 0 Å². The van der Waals surface area contributed by atoms with Gasteiger partial charge in [-0.25, -0.2) is 9.78 Å². The van der Waals surface area contributed by atoms with Gasteiger partial charge in [0.2, 0.25) is 5.91 Å². The van der Waals surface area contributed by atoms with Gasteiger partial charge in [0.25, 0.3) is 5.56 Å². The van der Waals surface area contributed by atoms with E-state index >= 15 is 0 Å². The van der Waals surface area contributed by atoms with Crippen molar-refractivity contribution in [3.05, 3.63) is 64.4 Å². The fourth-order valence-electron chi connectivity index (χ4n) is 2.98. The van der Waals surface area contributed by atoms with Crippen molar-refractivity contribution in [1.29, 1.82) is 0 Å². The summed E-state index contributed by atoms with van der Waals surface area (Å²) in [5.41, 5.74) is 1.73. The quantitative estimate of drug-likeness (QED) is 0.468. The number of benzene rings is 2. The molecule has 1 heterocycles. The zero-order valence-corrected chi connectivity index (χ0v) is 18.9. The summed E-state index contributed by atoms with van der Waals surface area (Å²) in [4.78, 5) is 42.1. The van der Waals surface area contributed by atoms with Crippen LogP contribution in [0.15, 0.2) is 58.5 Å². The summed E-state index contributed by atoms with van der Waals surface area (Å²) in [5.74, 6) is -0.530. The number of nitrogens with one attached hydrogen (secondary N) is 2. The number of hydrogen-bond acceptors (Lipinski definition) is 5. The summed E-state index contributed by atoms with van der Waals surface area (Å²) in [6, 6.07) is 14.2. The molecule has 0 saturated carbocycles. The van der Waals surface area contributed by atoms with Crippen LogP contribution in [0.2, 0.25) is 0 Å². The first kappa shape index (κ1) is 22.6. The molecule has 0 unspecified atom stereocenters. The Morgan fingerprint density at radius 3 is 2.39 bits per heavy atom. The predicted octanol–water partition coefficient (Wildman–Crippen LogP) is 3.66. The van der Waals surface area contributed by atoms with Crippen LogP contribution in [0.3, 0.4) is 0 Å². The highest BCUT2D eigenvalue weighted by Crippen LogP contribution is 2.21. The van der Waals surface area contributed by atoms with Gasteiger partial charge in [0.1, 0.15) is 0 Å². The van der Waals surface area contributed by atoms with Crippen molar-refractivity contribution >= 4 is 34.6 Å². The van der Waals surface area contributed by atoms with Gasteiger partial charge in [0, 0.05) is 5.54 Å². The van der Waals surface area contributed by atoms with Crippen LogP contribution in [-0.4, -0.2) is 32.8 Å². The molecule has 0 radical (unpaired) electrons. The van der Waals surface area contributed by atoms with Crippen LogP contribution in [0, 0.1) is 0 Å². The Morgan fingerprint density at radius 1 is 1.06 bits per heavy atom. The van der Waals surface area contributed by atoms with Crippen molar-refractivity contribution in [2.24, 2.45) is 0 Å². The summed E-state index contributed by atoms with van der Waals surface area (Å²) in [6.07, 6.45) is 0.892. The molecule has 0 fully saturated rings. The Labute approximate surface area is 185 Å². The zero-order chi connectivity index (χ0) is 22.6. The van der Waals surface area contributed by atoms with Gasteiger partial charge in [-0.15, -0.1) is 0 Å². The highest BCUT2D eigenvalue weighted by Gasteiger charge is 2.18. The summed E-state index contributed by atoms with van der Waals surface area (Å²) in [7, 11) is 0. The maximum absolute atomic E-state index is 13.2. The van der Waals surface area contributed by atoms with Gasteiger partial charge in [0.05, 0.1) is 22.3 Å². The Morgan fingerprint density at radius 2 is 1.74 bits per heavy atom. The molecule has 1 aromatic heterocycles. The highest BCUT2D eigenvalue weighted by molar-refractivity contribution is 7.99. The number of hydrogen-bond donors (Lipinski definition) is 2.